The molecule has 1 aliphatic heterocycles. The molecule has 0 radical (unpaired) electrons. The minimum Gasteiger partial charge on any atom is -0.449 e. The van der Waals surface area contributed by atoms with E-state index in [4.69, 9.17) is 4.74 Å². The van der Waals surface area contributed by atoms with Gasteiger partial charge in [-0.05, 0) is 62.3 Å². The third kappa shape index (κ3) is 4.09. The first-order chi connectivity index (χ1) is 12.3. The lowest BCUT2D eigenvalue weighted by molar-refractivity contribution is -0.140. The zero-order valence-corrected chi connectivity index (χ0v) is 16.0. The van der Waals surface area contributed by atoms with Gasteiger partial charge in [-0.15, -0.1) is 0 Å². The maximum Gasteiger partial charge on any atom is 0.338 e. The van der Waals surface area contributed by atoms with E-state index in [1.54, 1.807) is 13.1 Å². The molecule has 0 spiro atoms. The van der Waals surface area contributed by atoms with Crippen LogP contribution >= 0.6 is 0 Å². The fraction of sp³-hybridized carbons (Fsp3) is 0.579. The van der Waals surface area contributed by atoms with Gasteiger partial charge in [-0.1, -0.05) is 6.07 Å². The number of benzene rings is 1. The lowest BCUT2D eigenvalue weighted by Crippen LogP contribution is -2.44. The summed E-state index contributed by atoms with van der Waals surface area (Å²) >= 11 is 0. The largest absolute Gasteiger partial charge is 0.449 e. The van der Waals surface area contributed by atoms with Gasteiger partial charge in [0.1, 0.15) is 0 Å². The maximum absolute atomic E-state index is 12.5. The molecule has 26 heavy (non-hydrogen) atoms. The van der Waals surface area contributed by atoms with E-state index >= 15 is 0 Å². The van der Waals surface area contributed by atoms with Crippen molar-refractivity contribution in [2.75, 3.05) is 18.6 Å². The second kappa shape index (κ2) is 7.39. The van der Waals surface area contributed by atoms with E-state index in [-0.39, 0.29) is 23.5 Å². The highest BCUT2D eigenvalue weighted by atomic mass is 32.2. The number of hydrogen-bond donors (Lipinski definition) is 0. The maximum atomic E-state index is 12.5. The van der Waals surface area contributed by atoms with Crippen LogP contribution in [0.4, 0.5) is 0 Å². The standard InChI is InChI=1S/C19H25NO5S/c1-13(18(21)20(2)17-9-10-26(23,24)12-17)25-19(22)16-8-7-14-5-3-4-6-15(14)11-16/h7-8,11,13,17H,3-6,9-10,12H2,1-2H3/t13-,17+/m0/s1. The van der Waals surface area contributed by atoms with Gasteiger partial charge in [0.05, 0.1) is 17.1 Å². The number of carbonyl (C=O) groups excluding carboxylic acids is 2. The minimum absolute atomic E-state index is 0.0271. The first-order valence-corrected chi connectivity index (χ1v) is 10.9. The van der Waals surface area contributed by atoms with Crippen LogP contribution in [-0.2, 0) is 32.2 Å². The second-order valence-corrected chi connectivity index (χ2v) is 9.47. The molecule has 1 amide bonds. The third-order valence-electron chi connectivity index (χ3n) is 5.32. The molecule has 142 valence electrons. The summed E-state index contributed by atoms with van der Waals surface area (Å²) in [6.07, 6.45) is 3.77. The molecule has 0 aromatic heterocycles. The first kappa shape index (κ1) is 18.9. The van der Waals surface area contributed by atoms with Crippen LogP contribution in [0.3, 0.4) is 0 Å². The molecule has 1 fully saturated rings. The van der Waals surface area contributed by atoms with E-state index in [0.717, 1.165) is 19.3 Å². The number of amides is 1. The number of nitrogens with zero attached hydrogens (tertiary/aromatic N) is 1. The number of carbonyl (C=O) groups is 2. The smallest absolute Gasteiger partial charge is 0.338 e. The molecule has 0 saturated carbocycles. The van der Waals surface area contributed by atoms with Gasteiger partial charge in [0.25, 0.3) is 5.91 Å². The number of aryl methyl sites for hydroxylation is 2. The van der Waals surface area contributed by atoms with Crippen molar-refractivity contribution >= 4 is 21.7 Å². The number of ether oxygens (including phenoxy) is 1. The lowest BCUT2D eigenvalue weighted by atomic mass is 9.90. The predicted octanol–water partition coefficient (Wildman–Crippen LogP) is 1.76. The topological polar surface area (TPSA) is 80.8 Å². The zero-order valence-electron chi connectivity index (χ0n) is 15.2. The van der Waals surface area contributed by atoms with Gasteiger partial charge >= 0.3 is 5.97 Å². The van der Waals surface area contributed by atoms with Crippen molar-refractivity contribution < 1.29 is 22.7 Å². The van der Waals surface area contributed by atoms with Crippen molar-refractivity contribution in [2.24, 2.45) is 0 Å². The number of sulfone groups is 1. The number of hydrogen-bond acceptors (Lipinski definition) is 5. The highest BCUT2D eigenvalue weighted by Crippen LogP contribution is 2.23. The van der Waals surface area contributed by atoms with Gasteiger partial charge < -0.3 is 9.64 Å². The average molecular weight is 379 g/mol. The van der Waals surface area contributed by atoms with Crippen molar-refractivity contribution in [3.05, 3.63) is 34.9 Å². The highest BCUT2D eigenvalue weighted by Gasteiger charge is 2.35. The van der Waals surface area contributed by atoms with Gasteiger partial charge in [0, 0.05) is 13.1 Å². The minimum atomic E-state index is -3.08. The quantitative estimate of drug-likeness (QED) is 0.745. The van der Waals surface area contributed by atoms with Gasteiger partial charge in [-0.3, -0.25) is 4.79 Å². The van der Waals surface area contributed by atoms with Gasteiger partial charge in [0.2, 0.25) is 0 Å². The number of rotatable bonds is 4. The molecular formula is C19H25NO5S. The fourth-order valence-electron chi connectivity index (χ4n) is 3.69. The Bertz CT molecular complexity index is 817. The monoisotopic (exact) mass is 379 g/mol. The fourth-order valence-corrected chi connectivity index (χ4v) is 5.46. The number of likely N-dealkylation sites (N-methyl/N-ethyl adjacent to an activating group) is 1. The van der Waals surface area contributed by atoms with Gasteiger partial charge in [0.15, 0.2) is 15.9 Å². The molecule has 2 atom stereocenters. The van der Waals surface area contributed by atoms with Crippen LogP contribution in [0.5, 0.6) is 0 Å². The van der Waals surface area contributed by atoms with E-state index in [1.165, 1.54) is 29.4 Å². The van der Waals surface area contributed by atoms with Crippen molar-refractivity contribution in [1.29, 1.82) is 0 Å². The van der Waals surface area contributed by atoms with E-state index < -0.39 is 21.9 Å². The summed E-state index contributed by atoms with van der Waals surface area (Å²) in [7, 11) is -1.51. The normalized spacial score (nSPS) is 22.3. The molecule has 7 heteroatoms. The Kier molecular flexibility index (Phi) is 5.37. The Labute approximate surface area is 154 Å². The SMILES string of the molecule is C[C@H](OC(=O)c1ccc2c(c1)CCCC2)C(=O)N(C)[C@@H]1CCS(=O)(=O)C1. The molecule has 3 rings (SSSR count). The van der Waals surface area contributed by atoms with Crippen LogP contribution in [-0.4, -0.2) is 55.9 Å². The summed E-state index contributed by atoms with van der Waals surface area (Å²) in [4.78, 5) is 26.3. The zero-order chi connectivity index (χ0) is 18.9. The molecule has 1 aliphatic carbocycles. The van der Waals surface area contributed by atoms with E-state index in [0.29, 0.717) is 12.0 Å². The van der Waals surface area contributed by atoms with Crippen LogP contribution < -0.4 is 0 Å². The Hall–Kier alpha value is -1.89. The van der Waals surface area contributed by atoms with Gasteiger partial charge in [-0.25, -0.2) is 13.2 Å². The summed E-state index contributed by atoms with van der Waals surface area (Å²) < 4.78 is 28.5. The van der Waals surface area contributed by atoms with Crippen LogP contribution in [0.2, 0.25) is 0 Å². The third-order valence-corrected chi connectivity index (χ3v) is 7.07. The molecule has 0 bridgehead atoms. The molecule has 1 aromatic rings. The molecule has 1 aromatic carbocycles. The molecule has 1 heterocycles. The summed E-state index contributed by atoms with van der Waals surface area (Å²) in [5.41, 5.74) is 2.91. The Balaban J connectivity index is 1.62. The summed E-state index contributed by atoms with van der Waals surface area (Å²) in [5.74, 6) is -0.829. The molecule has 1 saturated heterocycles. The van der Waals surface area contributed by atoms with Crippen molar-refractivity contribution in [3.8, 4) is 0 Å². The van der Waals surface area contributed by atoms with Crippen molar-refractivity contribution in [2.45, 2.75) is 51.2 Å². The highest BCUT2D eigenvalue weighted by molar-refractivity contribution is 7.91. The van der Waals surface area contributed by atoms with E-state index in [2.05, 4.69) is 0 Å². The Morgan fingerprint density at radius 3 is 2.54 bits per heavy atom. The van der Waals surface area contributed by atoms with Crippen molar-refractivity contribution in [1.82, 2.24) is 4.90 Å². The van der Waals surface area contributed by atoms with Crippen molar-refractivity contribution in [3.63, 3.8) is 0 Å². The summed E-state index contributed by atoms with van der Waals surface area (Å²) in [6.45, 7) is 1.53. The summed E-state index contributed by atoms with van der Waals surface area (Å²) in [5, 5.41) is 0. The van der Waals surface area contributed by atoms with Crippen LogP contribution in [0.25, 0.3) is 0 Å². The first-order valence-electron chi connectivity index (χ1n) is 9.07. The number of esters is 1. The molecule has 6 nitrogen and oxygen atoms in total. The van der Waals surface area contributed by atoms with Crippen LogP contribution in [0.1, 0.15) is 47.7 Å². The average Bonchev–Trinajstić information content (AvgIpc) is 2.99. The predicted molar refractivity (Wildman–Crippen MR) is 97.8 cm³/mol. The van der Waals surface area contributed by atoms with E-state index in [9.17, 15) is 18.0 Å². The molecule has 0 N–H and O–H groups in total. The number of fused-ring (bicyclic) bond motifs is 1. The lowest BCUT2D eigenvalue weighted by Gasteiger charge is -2.26. The summed E-state index contributed by atoms with van der Waals surface area (Å²) in [6, 6.07) is 5.23. The second-order valence-electron chi connectivity index (χ2n) is 7.24. The molecule has 2 aliphatic rings. The van der Waals surface area contributed by atoms with E-state index in [1.807, 2.05) is 12.1 Å². The Morgan fingerprint density at radius 2 is 1.88 bits per heavy atom. The molecular weight excluding hydrogens is 354 g/mol. The van der Waals surface area contributed by atoms with Gasteiger partial charge in [-0.2, -0.15) is 0 Å². The van der Waals surface area contributed by atoms with Crippen LogP contribution in [0.15, 0.2) is 18.2 Å². The molecule has 0 unspecified atom stereocenters. The van der Waals surface area contributed by atoms with Crippen LogP contribution in [0, 0.1) is 0 Å². The Morgan fingerprint density at radius 1 is 1.19 bits per heavy atom.